The lowest BCUT2D eigenvalue weighted by Crippen LogP contribution is -2.00. The van der Waals surface area contributed by atoms with Gasteiger partial charge >= 0.3 is 0 Å². The molecule has 6 heteroatoms. The first-order chi connectivity index (χ1) is 8.72. The topological polar surface area (TPSA) is 58.6 Å². The van der Waals surface area contributed by atoms with Crippen LogP contribution in [0.2, 0.25) is 0 Å². The molecule has 3 rings (SSSR count). The van der Waals surface area contributed by atoms with Crippen molar-refractivity contribution < 1.29 is 4.21 Å². The van der Waals surface area contributed by atoms with Crippen molar-refractivity contribution in [2.45, 2.75) is 17.8 Å². The van der Waals surface area contributed by atoms with Crippen LogP contribution in [-0.4, -0.2) is 19.2 Å². The number of hydrogen-bond acceptors (Lipinski definition) is 4. The Bertz CT molecular complexity index is 671. The summed E-state index contributed by atoms with van der Waals surface area (Å²) in [5, 5.41) is 4.43. The molecule has 1 atom stereocenters. The SMILES string of the molecule is Cc1ccc(C[S@](=O)c2nc3cscc3[nH]2)nc1. The van der Waals surface area contributed by atoms with E-state index >= 15 is 0 Å². The van der Waals surface area contributed by atoms with Crippen molar-refractivity contribution in [2.24, 2.45) is 0 Å². The van der Waals surface area contributed by atoms with Gasteiger partial charge in [-0.1, -0.05) is 6.07 Å². The Morgan fingerprint density at radius 2 is 2.28 bits per heavy atom. The lowest BCUT2D eigenvalue weighted by atomic mass is 10.3. The van der Waals surface area contributed by atoms with E-state index in [2.05, 4.69) is 15.0 Å². The maximum atomic E-state index is 12.1. The van der Waals surface area contributed by atoms with Crippen LogP contribution < -0.4 is 0 Å². The molecule has 0 aliphatic carbocycles. The highest BCUT2D eigenvalue weighted by Crippen LogP contribution is 2.18. The minimum absolute atomic E-state index is 0.389. The second-order valence-corrected chi connectivity index (χ2v) is 6.14. The van der Waals surface area contributed by atoms with E-state index in [0.29, 0.717) is 10.9 Å². The molecule has 18 heavy (non-hydrogen) atoms. The molecule has 3 aromatic rings. The number of nitrogens with zero attached hydrogens (tertiary/aromatic N) is 2. The van der Waals surface area contributed by atoms with Crippen LogP contribution in [0.15, 0.2) is 34.2 Å². The Hall–Kier alpha value is -1.53. The molecular weight excluding hydrogens is 266 g/mol. The number of aromatic amines is 1. The standard InChI is InChI=1S/C12H11N3OS2/c1-8-2-3-9(13-4-8)7-18(16)12-14-10-5-17-6-11(10)15-12/h2-6H,7H2,1H3,(H,14,15)/t18-/m0/s1. The second-order valence-electron chi connectivity index (χ2n) is 4.03. The zero-order valence-electron chi connectivity index (χ0n) is 9.71. The molecule has 0 saturated heterocycles. The number of rotatable bonds is 3. The number of pyridine rings is 1. The van der Waals surface area contributed by atoms with Crippen molar-refractivity contribution in [3.8, 4) is 0 Å². The van der Waals surface area contributed by atoms with Crippen molar-refractivity contribution >= 4 is 33.2 Å². The van der Waals surface area contributed by atoms with Crippen molar-refractivity contribution in [2.75, 3.05) is 0 Å². The Balaban J connectivity index is 1.82. The zero-order valence-corrected chi connectivity index (χ0v) is 11.3. The predicted octanol–water partition coefficient (Wildman–Crippen LogP) is 2.64. The first-order valence-corrected chi connectivity index (χ1v) is 7.70. The Kier molecular flexibility index (Phi) is 2.97. The lowest BCUT2D eigenvalue weighted by molar-refractivity contribution is 0.677. The van der Waals surface area contributed by atoms with Crippen LogP contribution in [0, 0.1) is 6.92 Å². The number of fused-ring (bicyclic) bond motifs is 1. The normalized spacial score (nSPS) is 12.9. The van der Waals surface area contributed by atoms with E-state index in [9.17, 15) is 4.21 Å². The Morgan fingerprint density at radius 3 is 3.00 bits per heavy atom. The fourth-order valence-electron chi connectivity index (χ4n) is 1.62. The molecule has 1 N–H and O–H groups in total. The van der Waals surface area contributed by atoms with E-state index in [1.165, 1.54) is 0 Å². The number of H-pyrrole nitrogens is 1. The summed E-state index contributed by atoms with van der Waals surface area (Å²) in [6.45, 7) is 1.98. The maximum Gasteiger partial charge on any atom is 0.197 e. The molecule has 0 aromatic carbocycles. The zero-order chi connectivity index (χ0) is 12.5. The summed E-state index contributed by atoms with van der Waals surface area (Å²) >= 11 is 1.58. The third-order valence-electron chi connectivity index (χ3n) is 2.57. The summed E-state index contributed by atoms with van der Waals surface area (Å²) in [4.78, 5) is 11.6. The van der Waals surface area contributed by atoms with Gasteiger partial charge in [0.05, 0.1) is 27.8 Å². The third kappa shape index (κ3) is 2.21. The molecule has 3 heterocycles. The van der Waals surface area contributed by atoms with E-state index < -0.39 is 10.8 Å². The quantitative estimate of drug-likeness (QED) is 0.800. The van der Waals surface area contributed by atoms with Crippen molar-refractivity contribution in [1.82, 2.24) is 15.0 Å². The van der Waals surface area contributed by atoms with Crippen molar-refractivity contribution in [1.29, 1.82) is 0 Å². The van der Waals surface area contributed by atoms with Crippen LogP contribution in [0.4, 0.5) is 0 Å². The highest BCUT2D eigenvalue weighted by atomic mass is 32.2. The monoisotopic (exact) mass is 277 g/mol. The average Bonchev–Trinajstić information content (AvgIpc) is 2.92. The molecule has 0 aliphatic rings. The van der Waals surface area contributed by atoms with Crippen LogP contribution in [0.25, 0.3) is 11.0 Å². The van der Waals surface area contributed by atoms with Gasteiger partial charge in [0.1, 0.15) is 5.52 Å². The summed E-state index contributed by atoms with van der Waals surface area (Å²) in [7, 11) is -1.18. The molecule has 4 nitrogen and oxygen atoms in total. The van der Waals surface area contributed by atoms with Gasteiger partial charge < -0.3 is 4.98 Å². The minimum Gasteiger partial charge on any atom is -0.330 e. The van der Waals surface area contributed by atoms with Crippen LogP contribution in [0.5, 0.6) is 0 Å². The number of nitrogens with one attached hydrogen (secondary N) is 1. The van der Waals surface area contributed by atoms with Crippen molar-refractivity contribution in [3.63, 3.8) is 0 Å². The Morgan fingerprint density at radius 1 is 1.39 bits per heavy atom. The first-order valence-electron chi connectivity index (χ1n) is 5.44. The summed E-state index contributed by atoms with van der Waals surface area (Å²) in [6, 6.07) is 3.87. The fourth-order valence-corrected chi connectivity index (χ4v) is 3.31. The molecule has 0 aliphatic heterocycles. The molecular formula is C12H11N3OS2. The van der Waals surface area contributed by atoms with E-state index in [0.717, 1.165) is 22.3 Å². The van der Waals surface area contributed by atoms with Gasteiger partial charge in [-0.2, -0.15) is 0 Å². The van der Waals surface area contributed by atoms with Crippen molar-refractivity contribution in [3.05, 3.63) is 40.3 Å². The second kappa shape index (κ2) is 4.62. The van der Waals surface area contributed by atoms with Crippen LogP contribution in [-0.2, 0) is 16.6 Å². The van der Waals surface area contributed by atoms with Gasteiger partial charge in [-0.3, -0.25) is 9.19 Å². The summed E-state index contributed by atoms with van der Waals surface area (Å²) in [5.41, 5.74) is 3.74. The molecule has 0 unspecified atom stereocenters. The van der Waals surface area contributed by atoms with Gasteiger partial charge in [-0.25, -0.2) is 4.98 Å². The molecule has 0 radical (unpaired) electrons. The number of thiophene rings is 1. The molecule has 0 saturated carbocycles. The van der Waals surface area contributed by atoms with E-state index in [4.69, 9.17) is 0 Å². The van der Waals surface area contributed by atoms with Gasteiger partial charge in [0.15, 0.2) is 5.16 Å². The number of aryl methyl sites for hydroxylation is 1. The smallest absolute Gasteiger partial charge is 0.197 e. The molecule has 0 amide bonds. The summed E-state index contributed by atoms with van der Waals surface area (Å²) in [5.74, 6) is 0.389. The van der Waals surface area contributed by atoms with Gasteiger partial charge in [-0.05, 0) is 18.6 Å². The molecule has 0 bridgehead atoms. The highest BCUT2D eigenvalue weighted by Gasteiger charge is 2.11. The van der Waals surface area contributed by atoms with Gasteiger partial charge in [-0.15, -0.1) is 11.3 Å². The molecule has 0 spiro atoms. The minimum atomic E-state index is -1.18. The van der Waals surface area contributed by atoms with E-state index in [-0.39, 0.29) is 0 Å². The van der Waals surface area contributed by atoms with Crippen LogP contribution in [0.1, 0.15) is 11.3 Å². The highest BCUT2D eigenvalue weighted by molar-refractivity contribution is 7.84. The van der Waals surface area contributed by atoms with E-state index in [1.807, 2.05) is 29.8 Å². The van der Waals surface area contributed by atoms with Crippen LogP contribution in [0.3, 0.4) is 0 Å². The predicted molar refractivity (Wildman–Crippen MR) is 73.1 cm³/mol. The maximum absolute atomic E-state index is 12.1. The number of imidazole rings is 1. The lowest BCUT2D eigenvalue weighted by Gasteiger charge is -1.99. The Labute approximate surface area is 111 Å². The molecule has 92 valence electrons. The van der Waals surface area contributed by atoms with Gasteiger partial charge in [0.2, 0.25) is 0 Å². The molecule has 0 fully saturated rings. The summed E-state index contributed by atoms with van der Waals surface area (Å²) < 4.78 is 12.1. The first kappa shape index (κ1) is 11.6. The van der Waals surface area contributed by atoms with Gasteiger partial charge in [0.25, 0.3) is 0 Å². The average molecular weight is 277 g/mol. The number of hydrogen-bond donors (Lipinski definition) is 1. The largest absolute Gasteiger partial charge is 0.330 e. The van der Waals surface area contributed by atoms with Crippen LogP contribution >= 0.6 is 11.3 Å². The fraction of sp³-hybridized carbons (Fsp3) is 0.167. The number of aromatic nitrogens is 3. The van der Waals surface area contributed by atoms with E-state index in [1.54, 1.807) is 17.5 Å². The summed E-state index contributed by atoms with van der Waals surface area (Å²) in [6.07, 6.45) is 1.78. The van der Waals surface area contributed by atoms with Gasteiger partial charge in [0, 0.05) is 17.0 Å². The third-order valence-corrected chi connectivity index (χ3v) is 4.49. The molecule has 3 aromatic heterocycles.